The van der Waals surface area contributed by atoms with Crippen LogP contribution in [0, 0.1) is 5.82 Å². The molecule has 0 saturated heterocycles. The molecule has 0 fully saturated rings. The van der Waals surface area contributed by atoms with Crippen molar-refractivity contribution in [2.45, 2.75) is 6.61 Å². The molecule has 0 unspecified atom stereocenters. The minimum atomic E-state index is -0.268. The number of halogens is 2. The van der Waals surface area contributed by atoms with Crippen LogP contribution in [0.4, 0.5) is 4.39 Å². The third-order valence-corrected chi connectivity index (χ3v) is 3.73. The van der Waals surface area contributed by atoms with Gasteiger partial charge in [-0.3, -0.25) is 4.98 Å². The van der Waals surface area contributed by atoms with Crippen molar-refractivity contribution >= 4 is 26.8 Å². The van der Waals surface area contributed by atoms with Gasteiger partial charge in [-0.25, -0.2) is 4.39 Å². The number of pyridine rings is 1. The molecular formula is C16H11BrFNO. The average Bonchev–Trinajstić information content (AvgIpc) is 2.46. The van der Waals surface area contributed by atoms with Gasteiger partial charge in [0.15, 0.2) is 0 Å². The van der Waals surface area contributed by atoms with Crippen molar-refractivity contribution in [2.75, 3.05) is 0 Å². The van der Waals surface area contributed by atoms with E-state index < -0.39 is 0 Å². The number of hydrogen-bond acceptors (Lipinski definition) is 2. The first-order valence-electron chi connectivity index (χ1n) is 6.14. The van der Waals surface area contributed by atoms with E-state index in [4.69, 9.17) is 4.74 Å². The van der Waals surface area contributed by atoms with E-state index in [2.05, 4.69) is 20.9 Å². The molecule has 4 heteroatoms. The molecule has 1 aromatic heterocycles. The van der Waals surface area contributed by atoms with Crippen LogP contribution < -0.4 is 4.74 Å². The molecule has 0 aliphatic rings. The second-order valence-electron chi connectivity index (χ2n) is 4.38. The SMILES string of the molecule is Fc1ccc(COc2ccc3cccnc3c2)c(Br)c1. The van der Waals surface area contributed by atoms with E-state index in [1.807, 2.05) is 30.3 Å². The smallest absolute Gasteiger partial charge is 0.124 e. The van der Waals surface area contributed by atoms with Crippen LogP contribution in [-0.4, -0.2) is 4.98 Å². The summed E-state index contributed by atoms with van der Waals surface area (Å²) in [4.78, 5) is 4.29. The summed E-state index contributed by atoms with van der Waals surface area (Å²) in [6.07, 6.45) is 1.75. The third-order valence-electron chi connectivity index (χ3n) is 2.99. The van der Waals surface area contributed by atoms with Crippen molar-refractivity contribution in [3.63, 3.8) is 0 Å². The minimum Gasteiger partial charge on any atom is -0.489 e. The fourth-order valence-electron chi connectivity index (χ4n) is 1.94. The molecule has 0 radical (unpaired) electrons. The zero-order valence-electron chi connectivity index (χ0n) is 10.5. The van der Waals surface area contributed by atoms with Crippen LogP contribution in [0.2, 0.25) is 0 Å². The summed E-state index contributed by atoms with van der Waals surface area (Å²) in [5.41, 5.74) is 1.79. The number of rotatable bonds is 3. The predicted octanol–water partition coefficient (Wildman–Crippen LogP) is 4.72. The molecule has 20 heavy (non-hydrogen) atoms. The fourth-order valence-corrected chi connectivity index (χ4v) is 2.40. The van der Waals surface area contributed by atoms with Crippen molar-refractivity contribution in [1.29, 1.82) is 0 Å². The lowest BCUT2D eigenvalue weighted by Crippen LogP contribution is -1.97. The van der Waals surface area contributed by atoms with E-state index in [-0.39, 0.29) is 5.82 Å². The Balaban J connectivity index is 1.79. The molecule has 2 nitrogen and oxygen atoms in total. The second-order valence-corrected chi connectivity index (χ2v) is 5.24. The maximum absolute atomic E-state index is 13.0. The van der Waals surface area contributed by atoms with E-state index in [0.717, 1.165) is 22.2 Å². The Hall–Kier alpha value is -1.94. The molecule has 0 aliphatic heterocycles. The highest BCUT2D eigenvalue weighted by Gasteiger charge is 2.03. The van der Waals surface area contributed by atoms with Crippen LogP contribution in [0.5, 0.6) is 5.75 Å². The standard InChI is InChI=1S/C16H11BrFNO/c17-15-8-13(18)5-3-12(15)10-20-14-6-4-11-2-1-7-19-16(11)9-14/h1-9H,10H2. The van der Waals surface area contributed by atoms with Crippen LogP contribution >= 0.6 is 15.9 Å². The van der Waals surface area contributed by atoms with Crippen molar-refractivity contribution in [2.24, 2.45) is 0 Å². The average molecular weight is 332 g/mol. The Morgan fingerprint density at radius 1 is 1.10 bits per heavy atom. The van der Waals surface area contributed by atoms with Gasteiger partial charge in [0.25, 0.3) is 0 Å². The van der Waals surface area contributed by atoms with Crippen molar-refractivity contribution in [3.05, 3.63) is 70.6 Å². The molecule has 3 rings (SSSR count). The fraction of sp³-hybridized carbons (Fsp3) is 0.0625. The first kappa shape index (κ1) is 13.1. The third kappa shape index (κ3) is 2.80. The Labute approximate surface area is 124 Å². The van der Waals surface area contributed by atoms with Crippen LogP contribution in [0.1, 0.15) is 5.56 Å². The molecule has 0 saturated carbocycles. The molecule has 3 aromatic rings. The highest BCUT2D eigenvalue weighted by atomic mass is 79.9. The summed E-state index contributed by atoms with van der Waals surface area (Å²) >= 11 is 3.33. The molecule has 0 bridgehead atoms. The largest absolute Gasteiger partial charge is 0.489 e. The topological polar surface area (TPSA) is 22.1 Å². The molecule has 0 spiro atoms. The summed E-state index contributed by atoms with van der Waals surface area (Å²) in [7, 11) is 0. The first-order valence-corrected chi connectivity index (χ1v) is 6.93. The van der Waals surface area contributed by atoms with Gasteiger partial charge in [0, 0.05) is 27.7 Å². The van der Waals surface area contributed by atoms with Crippen molar-refractivity contribution in [3.8, 4) is 5.75 Å². The van der Waals surface area contributed by atoms with Gasteiger partial charge in [0.05, 0.1) is 5.52 Å². The van der Waals surface area contributed by atoms with Gasteiger partial charge >= 0.3 is 0 Å². The van der Waals surface area contributed by atoms with E-state index >= 15 is 0 Å². The van der Waals surface area contributed by atoms with Crippen LogP contribution in [-0.2, 0) is 6.61 Å². The van der Waals surface area contributed by atoms with Gasteiger partial charge in [-0.15, -0.1) is 0 Å². The first-order chi connectivity index (χ1) is 9.72. The summed E-state index contributed by atoms with van der Waals surface area (Å²) in [5.74, 6) is 0.475. The Kier molecular flexibility index (Phi) is 3.65. The Bertz CT molecular complexity index is 760. The van der Waals surface area contributed by atoms with Gasteiger partial charge < -0.3 is 4.74 Å². The summed E-state index contributed by atoms with van der Waals surface area (Å²) in [6, 6.07) is 14.2. The number of benzene rings is 2. The Morgan fingerprint density at radius 3 is 2.85 bits per heavy atom. The predicted molar refractivity (Wildman–Crippen MR) is 80.2 cm³/mol. The van der Waals surface area contributed by atoms with Gasteiger partial charge in [0.1, 0.15) is 18.2 Å². The van der Waals surface area contributed by atoms with Crippen molar-refractivity contribution in [1.82, 2.24) is 4.98 Å². The quantitative estimate of drug-likeness (QED) is 0.693. The van der Waals surface area contributed by atoms with E-state index in [1.54, 1.807) is 12.3 Å². The molecule has 2 aromatic carbocycles. The van der Waals surface area contributed by atoms with E-state index in [0.29, 0.717) is 11.1 Å². The molecule has 0 aliphatic carbocycles. The molecule has 0 N–H and O–H groups in total. The summed E-state index contributed by atoms with van der Waals surface area (Å²) in [5, 5.41) is 1.07. The number of nitrogens with zero attached hydrogens (tertiary/aromatic N) is 1. The number of ether oxygens (including phenoxy) is 1. The lowest BCUT2D eigenvalue weighted by Gasteiger charge is -2.08. The molecule has 1 heterocycles. The van der Waals surface area contributed by atoms with Gasteiger partial charge in [-0.1, -0.05) is 28.1 Å². The normalized spacial score (nSPS) is 10.7. The molecule has 100 valence electrons. The second kappa shape index (κ2) is 5.59. The van der Waals surface area contributed by atoms with Gasteiger partial charge in [-0.05, 0) is 30.3 Å². The molecule has 0 amide bonds. The lowest BCUT2D eigenvalue weighted by atomic mass is 10.2. The zero-order valence-corrected chi connectivity index (χ0v) is 12.1. The van der Waals surface area contributed by atoms with Crippen LogP contribution in [0.25, 0.3) is 10.9 Å². The van der Waals surface area contributed by atoms with Gasteiger partial charge in [0.2, 0.25) is 0 Å². The Morgan fingerprint density at radius 2 is 2.00 bits per heavy atom. The summed E-state index contributed by atoms with van der Waals surface area (Å²) < 4.78 is 19.4. The minimum absolute atomic E-state index is 0.268. The monoisotopic (exact) mass is 331 g/mol. The maximum Gasteiger partial charge on any atom is 0.124 e. The maximum atomic E-state index is 13.0. The molecule has 0 atom stereocenters. The molecular weight excluding hydrogens is 321 g/mol. The number of hydrogen-bond donors (Lipinski definition) is 0. The highest BCUT2D eigenvalue weighted by molar-refractivity contribution is 9.10. The highest BCUT2D eigenvalue weighted by Crippen LogP contribution is 2.22. The van der Waals surface area contributed by atoms with Crippen LogP contribution in [0.15, 0.2) is 59.2 Å². The lowest BCUT2D eigenvalue weighted by molar-refractivity contribution is 0.305. The van der Waals surface area contributed by atoms with Crippen molar-refractivity contribution < 1.29 is 9.13 Å². The summed E-state index contributed by atoms with van der Waals surface area (Å²) in [6.45, 7) is 0.374. The van der Waals surface area contributed by atoms with E-state index in [1.165, 1.54) is 12.1 Å². The van der Waals surface area contributed by atoms with E-state index in [9.17, 15) is 4.39 Å². The zero-order chi connectivity index (χ0) is 13.9. The van der Waals surface area contributed by atoms with Gasteiger partial charge in [-0.2, -0.15) is 0 Å². The van der Waals surface area contributed by atoms with Crippen LogP contribution in [0.3, 0.4) is 0 Å². The number of aromatic nitrogens is 1. The number of fused-ring (bicyclic) bond motifs is 1.